The molecular formula is C28H28N4O. The van der Waals surface area contributed by atoms with Gasteiger partial charge in [0.15, 0.2) is 0 Å². The van der Waals surface area contributed by atoms with Crippen molar-refractivity contribution in [3.8, 4) is 11.8 Å². The number of amides is 1. The smallest absolute Gasteiger partial charge is 0.251 e. The second-order valence-corrected chi connectivity index (χ2v) is 8.18. The van der Waals surface area contributed by atoms with E-state index in [-0.39, 0.29) is 5.91 Å². The van der Waals surface area contributed by atoms with Gasteiger partial charge in [-0.1, -0.05) is 48.3 Å². The molecule has 4 rings (SSSR count). The standard InChI is InChI=1S/C28H28N4O/c1-21(2)24-10-7-22(8-11-24)9-12-25-18-26(13-14-27(25)32-16-3-4-17-32)28(33)29-15-5-6-23-19-30-31-20-23/h5-8,10-11,13-14,18-20H,1,3-4,15-17H2,2H3,(H,29,33)(H,30,31)/b6-5+. The van der Waals surface area contributed by atoms with Crippen LogP contribution in [-0.4, -0.2) is 35.7 Å². The molecule has 3 aromatic rings. The topological polar surface area (TPSA) is 61.0 Å². The predicted octanol–water partition coefficient (Wildman–Crippen LogP) is 4.89. The van der Waals surface area contributed by atoms with Gasteiger partial charge < -0.3 is 10.2 Å². The van der Waals surface area contributed by atoms with Crippen molar-refractivity contribution in [3.63, 3.8) is 0 Å². The van der Waals surface area contributed by atoms with Crippen molar-refractivity contribution in [2.75, 3.05) is 24.5 Å². The number of carbonyl (C=O) groups is 1. The van der Waals surface area contributed by atoms with Crippen LogP contribution >= 0.6 is 0 Å². The largest absolute Gasteiger partial charge is 0.371 e. The highest BCUT2D eigenvalue weighted by Crippen LogP contribution is 2.25. The highest BCUT2D eigenvalue weighted by Gasteiger charge is 2.17. The summed E-state index contributed by atoms with van der Waals surface area (Å²) in [4.78, 5) is 15.1. The molecule has 0 aliphatic carbocycles. The Labute approximate surface area is 195 Å². The molecule has 0 unspecified atom stereocenters. The van der Waals surface area contributed by atoms with Crippen molar-refractivity contribution in [2.24, 2.45) is 0 Å². The summed E-state index contributed by atoms with van der Waals surface area (Å²) in [5.74, 6) is 6.47. The van der Waals surface area contributed by atoms with Gasteiger partial charge >= 0.3 is 0 Å². The number of benzene rings is 2. The molecule has 166 valence electrons. The first-order valence-electron chi connectivity index (χ1n) is 11.2. The van der Waals surface area contributed by atoms with Gasteiger partial charge in [0.2, 0.25) is 0 Å². The molecule has 0 bridgehead atoms. The lowest BCUT2D eigenvalue weighted by Crippen LogP contribution is -2.24. The summed E-state index contributed by atoms with van der Waals surface area (Å²) < 4.78 is 0. The molecule has 1 amide bonds. The van der Waals surface area contributed by atoms with Crippen molar-refractivity contribution in [3.05, 3.63) is 95.3 Å². The molecule has 1 aliphatic heterocycles. The number of aromatic nitrogens is 2. The van der Waals surface area contributed by atoms with E-state index in [9.17, 15) is 4.79 Å². The molecule has 2 heterocycles. The Balaban J connectivity index is 1.53. The summed E-state index contributed by atoms with van der Waals surface area (Å²) in [6.45, 7) is 8.45. The minimum atomic E-state index is -0.117. The molecule has 1 aliphatic rings. The molecule has 1 aromatic heterocycles. The van der Waals surface area contributed by atoms with Crippen molar-refractivity contribution in [1.29, 1.82) is 0 Å². The fourth-order valence-corrected chi connectivity index (χ4v) is 3.79. The molecule has 0 radical (unpaired) electrons. The van der Waals surface area contributed by atoms with Crippen molar-refractivity contribution in [2.45, 2.75) is 19.8 Å². The molecule has 33 heavy (non-hydrogen) atoms. The zero-order valence-corrected chi connectivity index (χ0v) is 18.9. The highest BCUT2D eigenvalue weighted by molar-refractivity contribution is 5.95. The maximum Gasteiger partial charge on any atom is 0.251 e. The molecule has 2 aromatic carbocycles. The zero-order chi connectivity index (χ0) is 23.0. The number of anilines is 1. The average molecular weight is 437 g/mol. The van der Waals surface area contributed by atoms with E-state index in [1.54, 1.807) is 12.4 Å². The number of rotatable bonds is 6. The van der Waals surface area contributed by atoms with Crippen molar-refractivity contribution in [1.82, 2.24) is 15.5 Å². The van der Waals surface area contributed by atoms with E-state index < -0.39 is 0 Å². The molecular weight excluding hydrogens is 408 g/mol. The van der Waals surface area contributed by atoms with Gasteiger partial charge in [0.1, 0.15) is 0 Å². The number of hydrogen-bond acceptors (Lipinski definition) is 3. The number of nitrogens with one attached hydrogen (secondary N) is 2. The lowest BCUT2D eigenvalue weighted by atomic mass is 10.0. The zero-order valence-electron chi connectivity index (χ0n) is 18.9. The van der Waals surface area contributed by atoms with Gasteiger partial charge in [-0.3, -0.25) is 9.89 Å². The fraction of sp³-hybridized carbons (Fsp3) is 0.214. The van der Waals surface area contributed by atoms with E-state index in [1.165, 1.54) is 12.8 Å². The first-order valence-corrected chi connectivity index (χ1v) is 11.2. The third-order valence-electron chi connectivity index (χ3n) is 5.63. The van der Waals surface area contributed by atoms with Crippen molar-refractivity contribution >= 4 is 23.2 Å². The predicted molar refractivity (Wildman–Crippen MR) is 135 cm³/mol. The van der Waals surface area contributed by atoms with E-state index in [4.69, 9.17) is 0 Å². The third kappa shape index (κ3) is 5.81. The van der Waals surface area contributed by atoms with E-state index in [1.807, 2.05) is 61.5 Å². The minimum Gasteiger partial charge on any atom is -0.371 e. The number of nitrogens with zero attached hydrogens (tertiary/aromatic N) is 2. The van der Waals surface area contributed by atoms with Crippen LogP contribution in [0.2, 0.25) is 0 Å². The van der Waals surface area contributed by atoms with Gasteiger partial charge in [-0.15, -0.1) is 0 Å². The van der Waals surface area contributed by atoms with Gasteiger partial charge in [-0.25, -0.2) is 0 Å². The molecule has 5 nitrogen and oxygen atoms in total. The second kappa shape index (κ2) is 10.5. The average Bonchev–Trinajstić information content (AvgIpc) is 3.55. The van der Waals surface area contributed by atoms with Crippen LogP contribution in [0.3, 0.4) is 0 Å². The number of carbonyl (C=O) groups excluding carboxylic acids is 1. The third-order valence-corrected chi connectivity index (χ3v) is 5.63. The van der Waals surface area contributed by atoms with Crippen molar-refractivity contribution < 1.29 is 4.79 Å². The Morgan fingerprint density at radius 2 is 1.91 bits per heavy atom. The Bertz CT molecular complexity index is 1210. The van der Waals surface area contributed by atoms with Gasteiger partial charge in [0.05, 0.1) is 11.9 Å². The molecule has 5 heteroatoms. The summed E-state index contributed by atoms with van der Waals surface area (Å²) in [6.07, 6.45) is 9.70. The van der Waals surface area contributed by atoms with Gasteiger partial charge in [-0.05, 0) is 55.7 Å². The van der Waals surface area contributed by atoms with Crippen LogP contribution in [0.15, 0.2) is 67.5 Å². The summed E-state index contributed by atoms with van der Waals surface area (Å²) in [6, 6.07) is 13.9. The quantitative estimate of drug-likeness (QED) is 0.541. The van der Waals surface area contributed by atoms with Crippen LogP contribution in [-0.2, 0) is 0 Å². The fourth-order valence-electron chi connectivity index (χ4n) is 3.79. The Hall–Kier alpha value is -4.04. The van der Waals surface area contributed by atoms with Gasteiger partial charge in [0.25, 0.3) is 5.91 Å². The summed E-state index contributed by atoms with van der Waals surface area (Å²) in [5, 5.41) is 9.60. The van der Waals surface area contributed by atoms with Crippen LogP contribution in [0, 0.1) is 11.8 Å². The maximum absolute atomic E-state index is 12.7. The van der Waals surface area contributed by atoms with Crippen LogP contribution in [0.25, 0.3) is 11.6 Å². The van der Waals surface area contributed by atoms with Gasteiger partial charge in [-0.2, -0.15) is 5.10 Å². The van der Waals surface area contributed by atoms with Crippen LogP contribution in [0.4, 0.5) is 5.69 Å². The monoisotopic (exact) mass is 436 g/mol. The van der Waals surface area contributed by atoms with E-state index in [2.05, 4.69) is 38.8 Å². The number of allylic oxidation sites excluding steroid dienone is 1. The summed E-state index contributed by atoms with van der Waals surface area (Å²) >= 11 is 0. The van der Waals surface area contributed by atoms with E-state index >= 15 is 0 Å². The highest BCUT2D eigenvalue weighted by atomic mass is 16.1. The first kappa shape index (κ1) is 22.2. The molecule has 0 saturated carbocycles. The number of hydrogen-bond donors (Lipinski definition) is 2. The van der Waals surface area contributed by atoms with Crippen LogP contribution in [0.1, 0.15) is 52.4 Å². The SMILES string of the molecule is C=C(C)c1ccc(C#Cc2cc(C(=O)NC/C=C/c3cn[nH]c3)ccc2N2CCCC2)cc1. The second-order valence-electron chi connectivity index (χ2n) is 8.18. The Morgan fingerprint density at radius 1 is 1.15 bits per heavy atom. The number of H-pyrrole nitrogens is 1. The summed E-state index contributed by atoms with van der Waals surface area (Å²) in [5.41, 5.74) is 6.62. The lowest BCUT2D eigenvalue weighted by molar-refractivity contribution is 0.0958. The Morgan fingerprint density at radius 3 is 2.61 bits per heavy atom. The maximum atomic E-state index is 12.7. The minimum absolute atomic E-state index is 0.117. The molecule has 2 N–H and O–H groups in total. The van der Waals surface area contributed by atoms with E-state index in [0.717, 1.165) is 46.6 Å². The first-order chi connectivity index (χ1) is 16.1. The van der Waals surface area contributed by atoms with Gasteiger partial charge in [0, 0.05) is 48.1 Å². The van der Waals surface area contributed by atoms with Crippen LogP contribution < -0.4 is 10.2 Å². The van der Waals surface area contributed by atoms with E-state index in [0.29, 0.717) is 12.1 Å². The molecule has 0 atom stereocenters. The number of aromatic amines is 1. The molecule has 1 fully saturated rings. The lowest BCUT2D eigenvalue weighted by Gasteiger charge is -2.20. The Kier molecular flexibility index (Phi) is 7.06. The van der Waals surface area contributed by atoms with Crippen LogP contribution in [0.5, 0.6) is 0 Å². The molecule has 0 spiro atoms. The normalized spacial score (nSPS) is 13.1. The molecule has 1 saturated heterocycles. The summed E-state index contributed by atoms with van der Waals surface area (Å²) in [7, 11) is 0.